The molecule has 3 atom stereocenters. The first-order valence-corrected chi connectivity index (χ1v) is 12.1. The van der Waals surface area contributed by atoms with Crippen LogP contribution in [0.1, 0.15) is 42.7 Å². The standard InChI is InChI=1S/C28H26ClNO6/c1-4-9-34-28(32)25-15(2)30-21-10-17(16-5-7-18(33-3)8-6-16)11-22(31)27(21)26(25)19-12-23-24(13-20(19)29)36-14-35-23/h4-8,12-13,17,25-26H,1,9-11,14H2,2-3H3/t17-,25?,26-/m1/s1. The second-order valence-electron chi connectivity index (χ2n) is 9.02. The summed E-state index contributed by atoms with van der Waals surface area (Å²) in [6.45, 7) is 5.56. The van der Waals surface area contributed by atoms with E-state index in [1.165, 1.54) is 6.08 Å². The van der Waals surface area contributed by atoms with Gasteiger partial charge in [0.25, 0.3) is 0 Å². The zero-order valence-electron chi connectivity index (χ0n) is 20.1. The van der Waals surface area contributed by atoms with Crippen LogP contribution < -0.4 is 14.2 Å². The summed E-state index contributed by atoms with van der Waals surface area (Å²) >= 11 is 6.71. The molecule has 186 valence electrons. The highest BCUT2D eigenvalue weighted by Gasteiger charge is 2.46. The average molecular weight is 508 g/mol. The van der Waals surface area contributed by atoms with Crippen LogP contribution in [-0.2, 0) is 14.3 Å². The predicted octanol–water partition coefficient (Wildman–Crippen LogP) is 5.38. The predicted molar refractivity (Wildman–Crippen MR) is 135 cm³/mol. The third-order valence-corrected chi connectivity index (χ3v) is 7.23. The van der Waals surface area contributed by atoms with Gasteiger partial charge in [-0.25, -0.2) is 0 Å². The Morgan fingerprint density at radius 1 is 1.19 bits per heavy atom. The van der Waals surface area contributed by atoms with E-state index >= 15 is 0 Å². The lowest BCUT2D eigenvalue weighted by Crippen LogP contribution is -2.38. The average Bonchev–Trinajstić information content (AvgIpc) is 3.33. The number of halogens is 1. The molecule has 2 aromatic rings. The van der Waals surface area contributed by atoms with Gasteiger partial charge in [0.05, 0.1) is 7.11 Å². The Labute approximate surface area is 214 Å². The van der Waals surface area contributed by atoms with E-state index < -0.39 is 17.8 Å². The second-order valence-corrected chi connectivity index (χ2v) is 9.42. The monoisotopic (exact) mass is 507 g/mol. The smallest absolute Gasteiger partial charge is 0.315 e. The van der Waals surface area contributed by atoms with Crippen LogP contribution in [0.3, 0.4) is 0 Å². The maximum Gasteiger partial charge on any atom is 0.315 e. The van der Waals surface area contributed by atoms with E-state index in [4.69, 9.17) is 35.5 Å². The molecular weight excluding hydrogens is 482 g/mol. The number of aliphatic imine (C=N–C) groups is 1. The van der Waals surface area contributed by atoms with Crippen molar-refractivity contribution < 1.29 is 28.5 Å². The first kappa shape index (κ1) is 24.1. The molecule has 0 saturated carbocycles. The summed E-state index contributed by atoms with van der Waals surface area (Å²) in [5.74, 6) is -0.223. The van der Waals surface area contributed by atoms with Crippen molar-refractivity contribution in [3.63, 3.8) is 0 Å². The number of nitrogens with zero attached hydrogens (tertiary/aromatic N) is 1. The molecule has 36 heavy (non-hydrogen) atoms. The summed E-state index contributed by atoms with van der Waals surface area (Å²) in [6.07, 6.45) is 2.37. The van der Waals surface area contributed by atoms with Crippen LogP contribution >= 0.6 is 11.6 Å². The van der Waals surface area contributed by atoms with E-state index in [0.29, 0.717) is 51.9 Å². The lowest BCUT2D eigenvalue weighted by atomic mass is 9.69. The number of fused-ring (bicyclic) bond motifs is 1. The van der Waals surface area contributed by atoms with Gasteiger partial charge in [-0.3, -0.25) is 14.6 Å². The highest BCUT2D eigenvalue weighted by molar-refractivity contribution is 6.32. The molecule has 1 unspecified atom stereocenters. The number of Topliss-reactive ketones (excluding diaryl/α,β-unsaturated/α-hetero) is 1. The van der Waals surface area contributed by atoms with Gasteiger partial charge in [0, 0.05) is 40.4 Å². The molecule has 0 spiro atoms. The van der Waals surface area contributed by atoms with Crippen molar-refractivity contribution >= 4 is 29.1 Å². The fourth-order valence-electron chi connectivity index (χ4n) is 5.21. The Bertz CT molecular complexity index is 1300. The molecule has 0 radical (unpaired) electrons. The topological polar surface area (TPSA) is 83.4 Å². The second kappa shape index (κ2) is 9.82. The maximum absolute atomic E-state index is 13.7. The molecule has 5 rings (SSSR count). The van der Waals surface area contributed by atoms with E-state index in [1.807, 2.05) is 24.3 Å². The number of rotatable bonds is 6. The van der Waals surface area contributed by atoms with E-state index in [2.05, 4.69) is 6.58 Å². The van der Waals surface area contributed by atoms with Crippen LogP contribution in [0.4, 0.5) is 0 Å². The number of carbonyl (C=O) groups is 2. The summed E-state index contributed by atoms with van der Waals surface area (Å²) < 4.78 is 21.7. The summed E-state index contributed by atoms with van der Waals surface area (Å²) in [6, 6.07) is 11.2. The van der Waals surface area contributed by atoms with Gasteiger partial charge in [-0.1, -0.05) is 36.4 Å². The number of hydrogen-bond donors (Lipinski definition) is 0. The van der Waals surface area contributed by atoms with Crippen LogP contribution in [0.2, 0.25) is 5.02 Å². The number of esters is 1. The SMILES string of the molecule is C=CCOC(=O)C1C(C)=NC2=C(C(=O)C[C@H](c3ccc(OC)cc3)C2)[C@@H]1c1cc2c(cc1Cl)OCO2. The number of ketones is 1. The lowest BCUT2D eigenvalue weighted by molar-refractivity contribution is -0.145. The van der Waals surface area contributed by atoms with Gasteiger partial charge in [0.2, 0.25) is 6.79 Å². The van der Waals surface area contributed by atoms with Crippen LogP contribution in [-0.4, -0.2) is 38.0 Å². The molecule has 0 aromatic heterocycles. The summed E-state index contributed by atoms with van der Waals surface area (Å²) in [4.78, 5) is 31.7. The third kappa shape index (κ3) is 4.28. The molecule has 0 saturated heterocycles. The summed E-state index contributed by atoms with van der Waals surface area (Å²) in [5, 5.41) is 0.386. The molecule has 8 heteroatoms. The first-order chi connectivity index (χ1) is 17.4. The zero-order chi connectivity index (χ0) is 25.4. The van der Waals surface area contributed by atoms with Crippen molar-refractivity contribution in [2.45, 2.75) is 31.6 Å². The highest BCUT2D eigenvalue weighted by atomic mass is 35.5. The third-order valence-electron chi connectivity index (χ3n) is 6.90. The number of carbonyl (C=O) groups excluding carboxylic acids is 2. The number of hydrogen-bond acceptors (Lipinski definition) is 7. The van der Waals surface area contributed by atoms with Crippen molar-refractivity contribution in [2.24, 2.45) is 10.9 Å². The minimum Gasteiger partial charge on any atom is -0.497 e. The van der Waals surface area contributed by atoms with Crippen molar-refractivity contribution in [3.8, 4) is 17.2 Å². The number of benzene rings is 2. The Morgan fingerprint density at radius 2 is 1.92 bits per heavy atom. The van der Waals surface area contributed by atoms with Gasteiger partial charge in [-0.15, -0.1) is 0 Å². The summed E-state index contributed by atoms with van der Waals surface area (Å²) in [5.41, 5.74) is 3.40. The van der Waals surface area contributed by atoms with E-state index in [1.54, 1.807) is 26.2 Å². The largest absolute Gasteiger partial charge is 0.497 e. The fraction of sp³-hybridized carbons (Fsp3) is 0.321. The molecule has 0 bridgehead atoms. The molecule has 0 N–H and O–H groups in total. The molecule has 7 nitrogen and oxygen atoms in total. The Kier molecular flexibility index (Phi) is 6.58. The number of allylic oxidation sites excluding steroid dienone is 2. The van der Waals surface area contributed by atoms with Gasteiger partial charge in [0.15, 0.2) is 17.3 Å². The van der Waals surface area contributed by atoms with Crippen molar-refractivity contribution in [1.82, 2.24) is 0 Å². The zero-order valence-corrected chi connectivity index (χ0v) is 20.8. The summed E-state index contributed by atoms with van der Waals surface area (Å²) in [7, 11) is 1.62. The minimum atomic E-state index is -0.803. The molecule has 3 aliphatic rings. The van der Waals surface area contributed by atoms with Crippen LogP contribution in [0.5, 0.6) is 17.2 Å². The first-order valence-electron chi connectivity index (χ1n) is 11.7. The van der Waals surface area contributed by atoms with Gasteiger partial charge in [-0.2, -0.15) is 0 Å². The minimum absolute atomic E-state index is 0.0316. The Morgan fingerprint density at radius 3 is 2.61 bits per heavy atom. The molecule has 0 fully saturated rings. The van der Waals surface area contributed by atoms with Gasteiger partial charge >= 0.3 is 5.97 Å². The molecule has 2 aromatic carbocycles. The quantitative estimate of drug-likeness (QED) is 0.385. The molecular formula is C28H26ClNO6. The van der Waals surface area contributed by atoms with Crippen LogP contribution in [0.15, 0.2) is 65.3 Å². The lowest BCUT2D eigenvalue weighted by Gasteiger charge is -2.36. The highest BCUT2D eigenvalue weighted by Crippen LogP contribution is 2.50. The maximum atomic E-state index is 13.7. The van der Waals surface area contributed by atoms with Gasteiger partial charge in [0.1, 0.15) is 18.3 Å². The van der Waals surface area contributed by atoms with E-state index in [9.17, 15) is 9.59 Å². The van der Waals surface area contributed by atoms with Crippen molar-refractivity contribution in [1.29, 1.82) is 0 Å². The normalized spacial score (nSPS) is 22.6. The van der Waals surface area contributed by atoms with Crippen LogP contribution in [0.25, 0.3) is 0 Å². The Hall–Kier alpha value is -3.58. The van der Waals surface area contributed by atoms with Gasteiger partial charge in [-0.05, 0) is 48.6 Å². The van der Waals surface area contributed by atoms with E-state index in [0.717, 1.165) is 11.3 Å². The molecule has 2 aliphatic heterocycles. The molecule has 0 amide bonds. The van der Waals surface area contributed by atoms with Gasteiger partial charge < -0.3 is 18.9 Å². The molecule has 1 aliphatic carbocycles. The molecule has 2 heterocycles. The van der Waals surface area contributed by atoms with Crippen molar-refractivity contribution in [3.05, 3.63) is 76.5 Å². The number of methoxy groups -OCH3 is 1. The number of ether oxygens (including phenoxy) is 4. The Balaban J connectivity index is 1.59. The van der Waals surface area contributed by atoms with Crippen molar-refractivity contribution in [2.75, 3.05) is 20.5 Å². The van der Waals surface area contributed by atoms with E-state index in [-0.39, 0.29) is 25.1 Å². The fourth-order valence-corrected chi connectivity index (χ4v) is 5.49. The van der Waals surface area contributed by atoms with Crippen LogP contribution in [0, 0.1) is 5.92 Å².